The van der Waals surface area contributed by atoms with Gasteiger partial charge in [-0.05, 0) is 40.5 Å². The zero-order valence-electron chi connectivity index (χ0n) is 10.5. The number of methoxy groups -OCH3 is 1. The minimum absolute atomic E-state index is 0.0531. The van der Waals surface area contributed by atoms with Crippen molar-refractivity contribution in [2.75, 3.05) is 13.7 Å². The number of amides is 1. The summed E-state index contributed by atoms with van der Waals surface area (Å²) in [5.41, 5.74) is 0.298. The second-order valence-corrected chi connectivity index (χ2v) is 4.89. The molecule has 100 valence electrons. The number of halogens is 2. The molecular formula is C13H17BrFNO2. The van der Waals surface area contributed by atoms with Crippen molar-refractivity contribution in [3.63, 3.8) is 0 Å². The van der Waals surface area contributed by atoms with Crippen LogP contribution in [0.2, 0.25) is 0 Å². The fourth-order valence-corrected chi connectivity index (χ4v) is 2.11. The molecule has 1 N–H and O–H groups in total. The Kier molecular flexibility index (Phi) is 6.29. The van der Waals surface area contributed by atoms with Crippen LogP contribution in [-0.2, 0) is 4.74 Å². The molecule has 5 heteroatoms. The molecule has 1 unspecified atom stereocenters. The minimum Gasteiger partial charge on any atom is -0.383 e. The molecule has 0 aliphatic rings. The van der Waals surface area contributed by atoms with Crippen molar-refractivity contribution in [1.29, 1.82) is 0 Å². The Hall–Kier alpha value is -0.940. The van der Waals surface area contributed by atoms with Gasteiger partial charge in [0.2, 0.25) is 0 Å². The van der Waals surface area contributed by atoms with Crippen molar-refractivity contribution in [2.45, 2.75) is 25.8 Å². The molecule has 1 rings (SSSR count). The number of hydrogen-bond acceptors (Lipinski definition) is 2. The van der Waals surface area contributed by atoms with Gasteiger partial charge in [0.25, 0.3) is 5.91 Å². The van der Waals surface area contributed by atoms with Crippen molar-refractivity contribution < 1.29 is 13.9 Å². The number of carbonyl (C=O) groups is 1. The van der Waals surface area contributed by atoms with Crippen LogP contribution in [0.1, 0.15) is 30.1 Å². The van der Waals surface area contributed by atoms with Gasteiger partial charge in [0, 0.05) is 11.6 Å². The fourth-order valence-electron chi connectivity index (χ4n) is 1.68. The third kappa shape index (κ3) is 4.38. The van der Waals surface area contributed by atoms with E-state index in [1.807, 2.05) is 6.92 Å². The van der Waals surface area contributed by atoms with Crippen LogP contribution in [0.3, 0.4) is 0 Å². The standard InChI is InChI=1S/C13H17BrFNO2/c1-3-4-10(8-18-2)16-13(17)11-7-9(15)5-6-12(11)14/h5-7,10H,3-4,8H2,1-2H3,(H,16,17). The van der Waals surface area contributed by atoms with Crippen LogP contribution in [0.5, 0.6) is 0 Å². The topological polar surface area (TPSA) is 38.3 Å². The molecule has 0 saturated heterocycles. The molecule has 0 bridgehead atoms. The van der Waals surface area contributed by atoms with Crippen LogP contribution in [0.4, 0.5) is 4.39 Å². The number of rotatable bonds is 6. The Bertz CT molecular complexity index is 406. The molecule has 1 amide bonds. The first kappa shape index (κ1) is 15.1. The van der Waals surface area contributed by atoms with E-state index < -0.39 is 5.82 Å². The van der Waals surface area contributed by atoms with E-state index in [-0.39, 0.29) is 11.9 Å². The lowest BCUT2D eigenvalue weighted by atomic mass is 10.1. The van der Waals surface area contributed by atoms with Crippen molar-refractivity contribution in [3.05, 3.63) is 34.1 Å². The quantitative estimate of drug-likeness (QED) is 0.875. The molecule has 0 aliphatic carbocycles. The van der Waals surface area contributed by atoms with Gasteiger partial charge in [-0.25, -0.2) is 4.39 Å². The molecule has 0 aromatic heterocycles. The zero-order valence-corrected chi connectivity index (χ0v) is 12.1. The highest BCUT2D eigenvalue weighted by Crippen LogP contribution is 2.18. The summed E-state index contributed by atoms with van der Waals surface area (Å²) in [5.74, 6) is -0.723. The maximum atomic E-state index is 13.1. The SMILES string of the molecule is CCCC(COC)NC(=O)c1cc(F)ccc1Br. The smallest absolute Gasteiger partial charge is 0.252 e. The zero-order chi connectivity index (χ0) is 13.5. The van der Waals surface area contributed by atoms with Crippen LogP contribution >= 0.6 is 15.9 Å². The molecule has 0 spiro atoms. The Balaban J connectivity index is 2.76. The average molecular weight is 318 g/mol. The molecule has 1 atom stereocenters. The van der Waals surface area contributed by atoms with E-state index in [0.717, 1.165) is 12.8 Å². The average Bonchev–Trinajstić information content (AvgIpc) is 2.33. The van der Waals surface area contributed by atoms with E-state index in [9.17, 15) is 9.18 Å². The summed E-state index contributed by atoms with van der Waals surface area (Å²) in [6, 6.07) is 3.99. The Morgan fingerprint density at radius 1 is 1.56 bits per heavy atom. The summed E-state index contributed by atoms with van der Waals surface area (Å²) in [4.78, 5) is 12.0. The molecule has 0 aliphatic heterocycles. The van der Waals surface area contributed by atoms with Crippen LogP contribution < -0.4 is 5.32 Å². The van der Waals surface area contributed by atoms with Crippen molar-refractivity contribution in [2.24, 2.45) is 0 Å². The van der Waals surface area contributed by atoms with E-state index in [4.69, 9.17) is 4.74 Å². The van der Waals surface area contributed by atoms with Gasteiger partial charge in [-0.15, -0.1) is 0 Å². The van der Waals surface area contributed by atoms with Gasteiger partial charge in [-0.2, -0.15) is 0 Å². The van der Waals surface area contributed by atoms with Crippen LogP contribution in [-0.4, -0.2) is 25.7 Å². The Morgan fingerprint density at radius 2 is 2.28 bits per heavy atom. The van der Waals surface area contributed by atoms with Gasteiger partial charge in [0.1, 0.15) is 5.82 Å². The van der Waals surface area contributed by atoms with E-state index >= 15 is 0 Å². The maximum absolute atomic E-state index is 13.1. The van der Waals surface area contributed by atoms with Crippen LogP contribution in [0.15, 0.2) is 22.7 Å². The van der Waals surface area contributed by atoms with E-state index in [0.29, 0.717) is 16.6 Å². The fraction of sp³-hybridized carbons (Fsp3) is 0.462. The van der Waals surface area contributed by atoms with Crippen LogP contribution in [0.25, 0.3) is 0 Å². The molecule has 0 heterocycles. The second kappa shape index (κ2) is 7.48. The predicted molar refractivity (Wildman–Crippen MR) is 72.1 cm³/mol. The first-order valence-electron chi connectivity index (χ1n) is 5.83. The monoisotopic (exact) mass is 317 g/mol. The van der Waals surface area contributed by atoms with Crippen LogP contribution in [0, 0.1) is 5.82 Å². The van der Waals surface area contributed by atoms with Gasteiger partial charge in [-0.1, -0.05) is 13.3 Å². The third-order valence-electron chi connectivity index (χ3n) is 2.51. The maximum Gasteiger partial charge on any atom is 0.252 e. The highest BCUT2D eigenvalue weighted by molar-refractivity contribution is 9.10. The van der Waals surface area contributed by atoms with Gasteiger partial charge in [0.05, 0.1) is 18.2 Å². The second-order valence-electron chi connectivity index (χ2n) is 4.04. The largest absolute Gasteiger partial charge is 0.383 e. The van der Waals surface area contributed by atoms with Gasteiger partial charge in [0.15, 0.2) is 0 Å². The molecule has 1 aromatic rings. The highest BCUT2D eigenvalue weighted by Gasteiger charge is 2.15. The van der Waals surface area contributed by atoms with E-state index in [1.165, 1.54) is 18.2 Å². The molecular weight excluding hydrogens is 301 g/mol. The summed E-state index contributed by atoms with van der Waals surface area (Å²) in [7, 11) is 1.59. The first-order valence-corrected chi connectivity index (χ1v) is 6.62. The number of ether oxygens (including phenoxy) is 1. The molecule has 0 radical (unpaired) electrons. The summed E-state index contributed by atoms with van der Waals surface area (Å²) < 4.78 is 18.7. The lowest BCUT2D eigenvalue weighted by Crippen LogP contribution is -2.38. The van der Waals surface area contributed by atoms with Gasteiger partial charge in [-0.3, -0.25) is 4.79 Å². The van der Waals surface area contributed by atoms with E-state index in [1.54, 1.807) is 7.11 Å². The lowest BCUT2D eigenvalue weighted by Gasteiger charge is -2.17. The van der Waals surface area contributed by atoms with Gasteiger partial charge < -0.3 is 10.1 Å². The number of hydrogen-bond donors (Lipinski definition) is 1. The van der Waals surface area contributed by atoms with Crippen molar-refractivity contribution in [3.8, 4) is 0 Å². The van der Waals surface area contributed by atoms with Gasteiger partial charge >= 0.3 is 0 Å². The predicted octanol–water partition coefficient (Wildman–Crippen LogP) is 3.13. The van der Waals surface area contributed by atoms with E-state index in [2.05, 4.69) is 21.2 Å². The molecule has 0 saturated carbocycles. The van der Waals surface area contributed by atoms with Crippen molar-refractivity contribution in [1.82, 2.24) is 5.32 Å². The lowest BCUT2D eigenvalue weighted by molar-refractivity contribution is 0.0890. The van der Waals surface area contributed by atoms with Crippen molar-refractivity contribution >= 4 is 21.8 Å². The molecule has 18 heavy (non-hydrogen) atoms. The summed E-state index contributed by atoms with van der Waals surface area (Å²) in [6.45, 7) is 2.49. The Morgan fingerprint density at radius 3 is 2.89 bits per heavy atom. The normalized spacial score (nSPS) is 12.2. The third-order valence-corrected chi connectivity index (χ3v) is 3.20. The molecule has 1 aromatic carbocycles. The summed E-state index contributed by atoms with van der Waals surface area (Å²) in [5, 5.41) is 2.84. The minimum atomic E-state index is -0.429. The molecule has 0 fully saturated rings. The number of nitrogens with one attached hydrogen (secondary N) is 1. The summed E-state index contributed by atoms with van der Waals surface area (Å²) in [6.07, 6.45) is 1.77. The first-order chi connectivity index (χ1) is 8.58. The Labute approximate surface area is 115 Å². The summed E-state index contributed by atoms with van der Waals surface area (Å²) >= 11 is 3.24. The number of carbonyl (C=O) groups excluding carboxylic acids is 1. The molecule has 3 nitrogen and oxygen atoms in total. The number of benzene rings is 1. The highest BCUT2D eigenvalue weighted by atomic mass is 79.9.